The number of thiazole rings is 1. The van der Waals surface area contributed by atoms with Gasteiger partial charge in [-0.1, -0.05) is 18.3 Å². The zero-order valence-corrected chi connectivity index (χ0v) is 17.5. The Morgan fingerprint density at radius 1 is 1.39 bits per heavy atom. The molecule has 2 heterocycles. The molecule has 7 nitrogen and oxygen atoms in total. The second-order valence-electron chi connectivity index (χ2n) is 6.97. The quantitative estimate of drug-likeness (QED) is 0.829. The monoisotopic (exact) mass is 402 g/mol. The van der Waals surface area contributed by atoms with Crippen molar-refractivity contribution in [2.45, 2.75) is 46.3 Å². The number of aromatic nitrogens is 1. The van der Waals surface area contributed by atoms with E-state index in [1.807, 2.05) is 32.0 Å². The normalized spacial score (nSPS) is 17.4. The third-order valence-electron chi connectivity index (χ3n) is 4.71. The third kappa shape index (κ3) is 3.88. The minimum absolute atomic E-state index is 0.0534. The van der Waals surface area contributed by atoms with Crippen LogP contribution in [0.3, 0.4) is 0 Å². The molecule has 8 heteroatoms. The highest BCUT2D eigenvalue weighted by atomic mass is 32.1. The highest BCUT2D eigenvalue weighted by Crippen LogP contribution is 2.40. The van der Waals surface area contributed by atoms with Gasteiger partial charge in [-0.05, 0) is 38.5 Å². The number of hydrogen-bond acceptors (Lipinski definition) is 6. The van der Waals surface area contributed by atoms with Crippen LogP contribution in [0.2, 0.25) is 0 Å². The molecular formula is C20H26N4O3S. The minimum atomic E-state index is -0.553. The van der Waals surface area contributed by atoms with E-state index in [2.05, 4.69) is 4.98 Å². The molecule has 28 heavy (non-hydrogen) atoms. The maximum atomic E-state index is 13.1. The van der Waals surface area contributed by atoms with Crippen LogP contribution in [0.5, 0.6) is 0 Å². The highest BCUT2D eigenvalue weighted by molar-refractivity contribution is 7.18. The molecule has 2 amide bonds. The number of anilines is 3. The predicted molar refractivity (Wildman–Crippen MR) is 113 cm³/mol. The number of nitrogen functional groups attached to an aromatic ring is 1. The zero-order valence-electron chi connectivity index (χ0n) is 16.6. The van der Waals surface area contributed by atoms with Crippen molar-refractivity contribution < 1.29 is 14.3 Å². The van der Waals surface area contributed by atoms with Crippen molar-refractivity contribution in [1.82, 2.24) is 4.98 Å². The molecule has 0 saturated heterocycles. The van der Waals surface area contributed by atoms with Crippen molar-refractivity contribution in [3.8, 4) is 10.6 Å². The highest BCUT2D eigenvalue weighted by Gasteiger charge is 2.35. The van der Waals surface area contributed by atoms with Crippen molar-refractivity contribution in [1.29, 1.82) is 0 Å². The van der Waals surface area contributed by atoms with E-state index < -0.39 is 6.10 Å². The molecule has 3 rings (SSSR count). The Bertz CT molecular complexity index is 882. The summed E-state index contributed by atoms with van der Waals surface area (Å²) >= 11 is 1.38. The van der Waals surface area contributed by atoms with Crippen LogP contribution in [0.15, 0.2) is 24.4 Å². The van der Waals surface area contributed by atoms with Crippen LogP contribution < -0.4 is 15.5 Å². The lowest BCUT2D eigenvalue weighted by Crippen LogP contribution is -2.53. The van der Waals surface area contributed by atoms with Crippen LogP contribution >= 0.6 is 11.3 Å². The SMILES string of the molecule is CCCOC(C)C(=O)N1C[C@H](C)N(C(C)=O)c2ccc(-c3ncc(N)s3)cc21. The van der Waals surface area contributed by atoms with Crippen LogP contribution in [0.25, 0.3) is 10.6 Å². The molecule has 2 atom stereocenters. The van der Waals surface area contributed by atoms with Gasteiger partial charge in [0.05, 0.1) is 23.6 Å². The Hall–Kier alpha value is -2.45. The lowest BCUT2D eigenvalue weighted by Gasteiger charge is -2.41. The van der Waals surface area contributed by atoms with E-state index in [0.29, 0.717) is 23.8 Å². The van der Waals surface area contributed by atoms with Crippen LogP contribution in [0.1, 0.15) is 34.1 Å². The molecule has 1 aromatic carbocycles. The van der Waals surface area contributed by atoms with Gasteiger partial charge in [0.1, 0.15) is 16.1 Å². The zero-order chi connectivity index (χ0) is 20.4. The summed E-state index contributed by atoms with van der Waals surface area (Å²) in [5.74, 6) is -0.164. The molecule has 0 radical (unpaired) electrons. The van der Waals surface area contributed by atoms with Gasteiger partial charge in [-0.3, -0.25) is 9.59 Å². The van der Waals surface area contributed by atoms with E-state index in [4.69, 9.17) is 10.5 Å². The maximum absolute atomic E-state index is 13.1. The van der Waals surface area contributed by atoms with E-state index >= 15 is 0 Å². The van der Waals surface area contributed by atoms with E-state index in [-0.39, 0.29) is 17.9 Å². The second kappa shape index (κ2) is 8.28. The molecule has 1 unspecified atom stereocenters. The number of carbonyl (C=O) groups is 2. The third-order valence-corrected chi connectivity index (χ3v) is 5.58. The minimum Gasteiger partial charge on any atom is -0.389 e. The smallest absolute Gasteiger partial charge is 0.255 e. The molecule has 2 aromatic rings. The number of rotatable bonds is 5. The topological polar surface area (TPSA) is 88.8 Å². The average Bonchev–Trinajstić information content (AvgIpc) is 3.10. The first-order chi connectivity index (χ1) is 13.3. The number of ether oxygens (including phenoxy) is 1. The Morgan fingerprint density at radius 3 is 2.75 bits per heavy atom. The Kier molecular flexibility index (Phi) is 6.00. The van der Waals surface area contributed by atoms with E-state index in [1.165, 1.54) is 11.3 Å². The number of carbonyl (C=O) groups excluding carboxylic acids is 2. The number of fused-ring (bicyclic) bond motifs is 1. The lowest BCUT2D eigenvalue weighted by molar-refractivity contribution is -0.129. The number of benzene rings is 1. The van der Waals surface area contributed by atoms with Crippen LogP contribution in [-0.4, -0.2) is 42.1 Å². The van der Waals surface area contributed by atoms with Gasteiger partial charge < -0.3 is 20.3 Å². The first-order valence-corrected chi connectivity index (χ1v) is 10.2. The summed E-state index contributed by atoms with van der Waals surface area (Å²) < 4.78 is 5.65. The molecule has 1 aliphatic rings. The fourth-order valence-electron chi connectivity index (χ4n) is 3.45. The van der Waals surface area contributed by atoms with Crippen molar-refractivity contribution >= 4 is 39.5 Å². The first kappa shape index (κ1) is 20.3. The van der Waals surface area contributed by atoms with Crippen LogP contribution in [0.4, 0.5) is 16.4 Å². The van der Waals surface area contributed by atoms with Gasteiger partial charge in [0.15, 0.2) is 0 Å². The lowest BCUT2D eigenvalue weighted by atomic mass is 10.0. The second-order valence-corrected chi connectivity index (χ2v) is 8.03. The van der Waals surface area contributed by atoms with Gasteiger partial charge in [-0.2, -0.15) is 0 Å². The van der Waals surface area contributed by atoms with Gasteiger partial charge in [-0.25, -0.2) is 4.98 Å². The maximum Gasteiger partial charge on any atom is 0.255 e. The molecule has 0 fully saturated rings. The molecular weight excluding hydrogens is 376 g/mol. The van der Waals surface area contributed by atoms with Crippen LogP contribution in [0, 0.1) is 0 Å². The van der Waals surface area contributed by atoms with E-state index in [9.17, 15) is 9.59 Å². The van der Waals surface area contributed by atoms with Crippen LogP contribution in [-0.2, 0) is 14.3 Å². The largest absolute Gasteiger partial charge is 0.389 e. The van der Waals surface area contributed by atoms with Gasteiger partial charge in [-0.15, -0.1) is 0 Å². The Morgan fingerprint density at radius 2 is 2.14 bits per heavy atom. The summed E-state index contributed by atoms with van der Waals surface area (Å²) in [6.45, 7) is 8.20. The van der Waals surface area contributed by atoms with E-state index in [1.54, 1.807) is 29.8 Å². The molecule has 0 spiro atoms. The number of nitrogens with zero attached hydrogens (tertiary/aromatic N) is 3. The van der Waals surface area contributed by atoms with Gasteiger partial charge in [0, 0.05) is 25.6 Å². The average molecular weight is 403 g/mol. The summed E-state index contributed by atoms with van der Waals surface area (Å²) in [4.78, 5) is 33.1. The fourth-order valence-corrected chi connectivity index (χ4v) is 4.13. The molecule has 2 N–H and O–H groups in total. The molecule has 0 saturated carbocycles. The molecule has 0 bridgehead atoms. The summed E-state index contributed by atoms with van der Waals surface area (Å²) in [5, 5.41) is 1.40. The van der Waals surface area contributed by atoms with Crippen molar-refractivity contribution in [3.63, 3.8) is 0 Å². The van der Waals surface area contributed by atoms with Gasteiger partial charge in [0.2, 0.25) is 5.91 Å². The molecule has 1 aromatic heterocycles. The number of amides is 2. The Balaban J connectivity index is 2.04. The predicted octanol–water partition coefficient (Wildman–Crippen LogP) is 3.30. The number of hydrogen-bond donors (Lipinski definition) is 1. The summed E-state index contributed by atoms with van der Waals surface area (Å²) in [6, 6.07) is 5.55. The standard InChI is InChI=1S/C20H26N4O3S/c1-5-8-27-13(3)20(26)23-11-12(2)24(14(4)25)16-7-6-15(9-17(16)23)19-22-10-18(21)28-19/h6-7,9-10,12-13H,5,8,11,21H2,1-4H3/t12-,13?/m0/s1. The molecule has 0 aliphatic carbocycles. The molecule has 1 aliphatic heterocycles. The van der Waals surface area contributed by atoms with Crippen molar-refractivity contribution in [3.05, 3.63) is 24.4 Å². The summed E-state index contributed by atoms with van der Waals surface area (Å²) in [7, 11) is 0. The summed E-state index contributed by atoms with van der Waals surface area (Å²) in [6.07, 6.45) is 1.91. The van der Waals surface area contributed by atoms with Gasteiger partial charge >= 0.3 is 0 Å². The van der Waals surface area contributed by atoms with Crippen molar-refractivity contribution in [2.75, 3.05) is 28.7 Å². The van der Waals surface area contributed by atoms with Crippen molar-refractivity contribution in [2.24, 2.45) is 0 Å². The van der Waals surface area contributed by atoms with E-state index in [0.717, 1.165) is 22.7 Å². The summed E-state index contributed by atoms with van der Waals surface area (Å²) in [5.41, 5.74) is 8.09. The molecule has 150 valence electrons. The Labute approximate surface area is 169 Å². The number of nitrogens with two attached hydrogens (primary N) is 1. The fraction of sp³-hybridized carbons (Fsp3) is 0.450. The first-order valence-electron chi connectivity index (χ1n) is 9.42. The van der Waals surface area contributed by atoms with Gasteiger partial charge in [0.25, 0.3) is 5.91 Å².